The van der Waals surface area contributed by atoms with Gasteiger partial charge in [0, 0.05) is 29.4 Å². The summed E-state index contributed by atoms with van der Waals surface area (Å²) >= 11 is 1.66. The van der Waals surface area contributed by atoms with Gasteiger partial charge in [-0.1, -0.05) is 6.07 Å². The summed E-state index contributed by atoms with van der Waals surface area (Å²) in [6.07, 6.45) is 0. The first-order chi connectivity index (χ1) is 12.1. The number of ether oxygens (including phenoxy) is 2. The molecule has 0 atom stereocenters. The van der Waals surface area contributed by atoms with Gasteiger partial charge >= 0.3 is 0 Å². The highest BCUT2D eigenvalue weighted by atomic mass is 32.1. The van der Waals surface area contributed by atoms with E-state index in [2.05, 4.69) is 34.7 Å². The Morgan fingerprint density at radius 2 is 1.96 bits per heavy atom. The first-order valence-electron chi connectivity index (χ1n) is 8.12. The fourth-order valence-electron chi connectivity index (χ4n) is 2.72. The lowest BCUT2D eigenvalue weighted by Crippen LogP contribution is -2.04. The van der Waals surface area contributed by atoms with Gasteiger partial charge in [-0.2, -0.15) is 0 Å². The van der Waals surface area contributed by atoms with Crippen LogP contribution in [0.2, 0.25) is 0 Å². The van der Waals surface area contributed by atoms with Crippen LogP contribution in [0.5, 0.6) is 11.5 Å². The second kappa shape index (κ2) is 7.57. The second-order valence-corrected chi connectivity index (χ2v) is 6.66. The Hall–Kier alpha value is -2.53. The summed E-state index contributed by atoms with van der Waals surface area (Å²) in [5, 5.41) is 6.29. The third kappa shape index (κ3) is 3.77. The maximum Gasteiger partial charge on any atom is 0.127 e. The van der Waals surface area contributed by atoms with Gasteiger partial charge < -0.3 is 14.8 Å². The van der Waals surface area contributed by atoms with Gasteiger partial charge in [0.05, 0.1) is 12.7 Å². The Labute approximate surface area is 152 Å². The monoisotopic (exact) mass is 354 g/mol. The van der Waals surface area contributed by atoms with Crippen LogP contribution in [0.1, 0.15) is 16.8 Å². The zero-order valence-electron chi connectivity index (χ0n) is 14.9. The number of thiazole rings is 1. The van der Waals surface area contributed by atoms with Crippen molar-refractivity contribution in [3.63, 3.8) is 0 Å². The molecule has 4 nitrogen and oxygen atoms in total. The Bertz CT molecular complexity index is 852. The average molecular weight is 354 g/mol. The van der Waals surface area contributed by atoms with E-state index in [0.717, 1.165) is 44.6 Å². The van der Waals surface area contributed by atoms with Gasteiger partial charge in [-0.15, -0.1) is 11.3 Å². The lowest BCUT2D eigenvalue weighted by molar-refractivity contribution is 0.295. The van der Waals surface area contributed by atoms with Gasteiger partial charge in [0.1, 0.15) is 23.1 Å². The molecule has 0 bridgehead atoms. The van der Waals surface area contributed by atoms with Gasteiger partial charge in [-0.3, -0.25) is 0 Å². The number of nitrogens with one attached hydrogen (secondary N) is 1. The highest BCUT2D eigenvalue weighted by Crippen LogP contribution is 2.31. The highest BCUT2D eigenvalue weighted by Gasteiger charge is 2.11. The maximum atomic E-state index is 6.07. The average Bonchev–Trinajstić information content (AvgIpc) is 3.06. The van der Waals surface area contributed by atoms with Crippen molar-refractivity contribution in [3.8, 4) is 22.1 Å². The van der Waals surface area contributed by atoms with Crippen LogP contribution in [0.25, 0.3) is 10.6 Å². The van der Waals surface area contributed by atoms with Crippen molar-refractivity contribution in [2.24, 2.45) is 0 Å². The van der Waals surface area contributed by atoms with Gasteiger partial charge in [-0.05, 0) is 49.7 Å². The fraction of sp³-hybridized carbons (Fsp3) is 0.250. The van der Waals surface area contributed by atoms with Crippen molar-refractivity contribution in [2.45, 2.75) is 20.5 Å². The lowest BCUT2D eigenvalue weighted by atomic mass is 10.1. The second-order valence-electron chi connectivity index (χ2n) is 5.80. The third-order valence-corrected chi connectivity index (χ3v) is 5.04. The molecule has 130 valence electrons. The van der Waals surface area contributed by atoms with Crippen LogP contribution < -0.4 is 14.8 Å². The number of benzene rings is 2. The number of hydrogen-bond acceptors (Lipinski definition) is 5. The van der Waals surface area contributed by atoms with Crippen LogP contribution in [0.4, 0.5) is 5.69 Å². The highest BCUT2D eigenvalue weighted by molar-refractivity contribution is 7.13. The Morgan fingerprint density at radius 3 is 2.60 bits per heavy atom. The molecule has 0 aliphatic carbocycles. The molecule has 25 heavy (non-hydrogen) atoms. The van der Waals surface area contributed by atoms with Crippen LogP contribution in [-0.4, -0.2) is 19.1 Å². The predicted molar refractivity (Wildman–Crippen MR) is 104 cm³/mol. The molecule has 0 amide bonds. The molecule has 3 aromatic rings. The topological polar surface area (TPSA) is 43.4 Å². The molecule has 2 aromatic carbocycles. The van der Waals surface area contributed by atoms with Crippen molar-refractivity contribution in [3.05, 3.63) is 58.6 Å². The molecule has 0 aliphatic heterocycles. The SMILES string of the molecule is CNc1cccc(OC)c1COc1ccc(-c2nc(C)cs2)cc1C. The number of hydrogen-bond donors (Lipinski definition) is 1. The number of methoxy groups -OCH3 is 1. The van der Waals surface area contributed by atoms with E-state index >= 15 is 0 Å². The van der Waals surface area contributed by atoms with E-state index < -0.39 is 0 Å². The molecule has 1 aromatic heterocycles. The minimum absolute atomic E-state index is 0.441. The van der Waals surface area contributed by atoms with Crippen LogP contribution in [0, 0.1) is 13.8 Å². The van der Waals surface area contributed by atoms with Crippen molar-refractivity contribution in [1.82, 2.24) is 4.98 Å². The Morgan fingerprint density at radius 1 is 1.12 bits per heavy atom. The summed E-state index contributed by atoms with van der Waals surface area (Å²) in [6, 6.07) is 12.1. The van der Waals surface area contributed by atoms with Crippen LogP contribution >= 0.6 is 11.3 Å². The summed E-state index contributed by atoms with van der Waals surface area (Å²) in [5.74, 6) is 1.68. The predicted octanol–water partition coefficient (Wildman–Crippen LogP) is 5.06. The molecule has 0 fully saturated rings. The van der Waals surface area contributed by atoms with E-state index in [1.165, 1.54) is 0 Å². The zero-order chi connectivity index (χ0) is 17.8. The smallest absolute Gasteiger partial charge is 0.127 e. The summed E-state index contributed by atoms with van der Waals surface area (Å²) in [5.41, 5.74) is 5.27. The standard InChI is InChI=1S/C20H22N2O2S/c1-13-10-15(20-22-14(2)12-25-20)8-9-18(13)24-11-16-17(21-3)6-5-7-19(16)23-4/h5-10,12,21H,11H2,1-4H3. The van der Waals surface area contributed by atoms with Crippen LogP contribution in [-0.2, 0) is 6.61 Å². The largest absolute Gasteiger partial charge is 0.496 e. The Balaban J connectivity index is 1.80. The molecule has 0 saturated heterocycles. The minimum atomic E-state index is 0.441. The molecule has 1 heterocycles. The zero-order valence-corrected chi connectivity index (χ0v) is 15.7. The summed E-state index contributed by atoms with van der Waals surface area (Å²) in [7, 11) is 3.57. The van der Waals surface area contributed by atoms with Gasteiger partial charge in [0.25, 0.3) is 0 Å². The number of aromatic nitrogens is 1. The van der Waals surface area contributed by atoms with E-state index in [4.69, 9.17) is 9.47 Å². The van der Waals surface area contributed by atoms with Crippen molar-refractivity contribution < 1.29 is 9.47 Å². The number of rotatable bonds is 6. The molecule has 0 spiro atoms. The lowest BCUT2D eigenvalue weighted by Gasteiger charge is -2.15. The Kier molecular flexibility index (Phi) is 5.24. The molecule has 1 N–H and O–H groups in total. The van der Waals surface area contributed by atoms with Crippen LogP contribution in [0.3, 0.4) is 0 Å². The summed E-state index contributed by atoms with van der Waals surface area (Å²) < 4.78 is 11.5. The quantitative estimate of drug-likeness (QED) is 0.672. The number of aryl methyl sites for hydroxylation is 2. The summed E-state index contributed by atoms with van der Waals surface area (Å²) in [4.78, 5) is 4.54. The summed E-state index contributed by atoms with van der Waals surface area (Å²) in [6.45, 7) is 4.51. The molecule has 0 saturated carbocycles. The molecular weight excluding hydrogens is 332 g/mol. The van der Waals surface area contributed by atoms with Gasteiger partial charge in [0.2, 0.25) is 0 Å². The van der Waals surface area contributed by atoms with E-state index in [1.54, 1.807) is 18.4 Å². The van der Waals surface area contributed by atoms with Crippen LogP contribution in [0.15, 0.2) is 41.8 Å². The fourth-order valence-corrected chi connectivity index (χ4v) is 3.52. The molecule has 0 aliphatic rings. The van der Waals surface area contributed by atoms with E-state index in [0.29, 0.717) is 6.61 Å². The van der Waals surface area contributed by atoms with E-state index in [9.17, 15) is 0 Å². The first kappa shape index (κ1) is 17.3. The molecule has 5 heteroatoms. The molecular formula is C20H22N2O2S. The van der Waals surface area contributed by atoms with E-state index in [-0.39, 0.29) is 0 Å². The first-order valence-corrected chi connectivity index (χ1v) is 9.00. The molecule has 0 unspecified atom stereocenters. The van der Waals surface area contributed by atoms with Crippen molar-refractivity contribution in [1.29, 1.82) is 0 Å². The van der Waals surface area contributed by atoms with Gasteiger partial charge in [-0.25, -0.2) is 4.98 Å². The third-order valence-electron chi connectivity index (χ3n) is 4.04. The van der Waals surface area contributed by atoms with Crippen molar-refractivity contribution >= 4 is 17.0 Å². The molecule has 0 radical (unpaired) electrons. The normalized spacial score (nSPS) is 10.6. The molecule has 3 rings (SSSR count). The number of nitrogens with zero attached hydrogens (tertiary/aromatic N) is 1. The van der Waals surface area contributed by atoms with Gasteiger partial charge in [0.15, 0.2) is 0 Å². The maximum absolute atomic E-state index is 6.07. The number of anilines is 1. The van der Waals surface area contributed by atoms with Crippen molar-refractivity contribution in [2.75, 3.05) is 19.5 Å². The van der Waals surface area contributed by atoms with E-state index in [1.807, 2.05) is 38.2 Å². The minimum Gasteiger partial charge on any atom is -0.496 e.